The van der Waals surface area contributed by atoms with Gasteiger partial charge >= 0.3 is 0 Å². The predicted molar refractivity (Wildman–Crippen MR) is 95.8 cm³/mol. The van der Waals surface area contributed by atoms with Crippen molar-refractivity contribution in [2.75, 3.05) is 10.7 Å². The number of para-hydroxylation sites is 1. The quantitative estimate of drug-likeness (QED) is 0.566. The second-order valence-electron chi connectivity index (χ2n) is 5.51. The lowest BCUT2D eigenvalue weighted by molar-refractivity contribution is -0.383. The molecule has 0 atom stereocenters. The Hall–Kier alpha value is -3.74. The molecule has 0 bridgehead atoms. The molecule has 1 amide bonds. The minimum absolute atomic E-state index is 0.0572. The van der Waals surface area contributed by atoms with E-state index >= 15 is 0 Å². The number of nitro benzene ring substituents is 1. The van der Waals surface area contributed by atoms with Crippen molar-refractivity contribution in [3.8, 4) is 0 Å². The summed E-state index contributed by atoms with van der Waals surface area (Å²) in [6.07, 6.45) is 0. The van der Waals surface area contributed by atoms with Gasteiger partial charge in [-0.15, -0.1) is 0 Å². The molecule has 2 N–H and O–H groups in total. The zero-order valence-corrected chi connectivity index (χ0v) is 12.9. The molecule has 0 saturated carbocycles. The highest BCUT2D eigenvalue weighted by Crippen LogP contribution is 2.38. The molecule has 122 valence electrons. The Labute approximate surface area is 142 Å². The number of amides is 1. The normalized spacial score (nSPS) is 14.4. The monoisotopic (exact) mass is 332 g/mol. The number of nitro groups is 1. The highest BCUT2D eigenvalue weighted by atomic mass is 16.6. The molecule has 0 aromatic heterocycles. The van der Waals surface area contributed by atoms with Crippen molar-refractivity contribution >= 4 is 39.5 Å². The fourth-order valence-electron chi connectivity index (χ4n) is 2.87. The summed E-state index contributed by atoms with van der Waals surface area (Å²) in [7, 11) is 0. The lowest BCUT2D eigenvalue weighted by Gasteiger charge is -2.05. The lowest BCUT2D eigenvalue weighted by atomic mass is 10.0. The SMILES string of the molecule is O=C1Nc2c(cc([N+](=O)[O-])c3ccccc23)/C1=N/Nc1ccccc1. The highest BCUT2D eigenvalue weighted by Gasteiger charge is 2.31. The van der Waals surface area contributed by atoms with E-state index < -0.39 is 10.8 Å². The average molecular weight is 332 g/mol. The molecule has 0 spiro atoms. The summed E-state index contributed by atoms with van der Waals surface area (Å²) in [5, 5.41) is 19.4. The van der Waals surface area contributed by atoms with Crippen LogP contribution >= 0.6 is 0 Å². The number of carbonyl (C=O) groups is 1. The van der Waals surface area contributed by atoms with Crippen molar-refractivity contribution in [1.82, 2.24) is 0 Å². The maximum atomic E-state index is 12.3. The number of hydrogen-bond acceptors (Lipinski definition) is 5. The molecule has 3 aromatic carbocycles. The van der Waals surface area contributed by atoms with Crippen LogP contribution in [0.4, 0.5) is 17.1 Å². The molecule has 3 aromatic rings. The average Bonchev–Trinajstić information content (AvgIpc) is 2.95. The third-order valence-electron chi connectivity index (χ3n) is 4.00. The molecule has 0 saturated heterocycles. The number of carbonyl (C=O) groups excluding carboxylic acids is 1. The number of hydrogen-bond donors (Lipinski definition) is 2. The Bertz CT molecular complexity index is 1040. The van der Waals surface area contributed by atoms with Crippen LogP contribution < -0.4 is 10.7 Å². The molecular weight excluding hydrogens is 320 g/mol. The molecule has 0 fully saturated rings. The summed E-state index contributed by atoms with van der Waals surface area (Å²) in [5.41, 5.74) is 4.54. The van der Waals surface area contributed by atoms with Gasteiger partial charge in [-0.3, -0.25) is 20.3 Å². The van der Waals surface area contributed by atoms with Crippen LogP contribution in [0.25, 0.3) is 10.8 Å². The number of anilines is 2. The van der Waals surface area contributed by atoms with E-state index in [2.05, 4.69) is 15.8 Å². The van der Waals surface area contributed by atoms with E-state index in [1.54, 1.807) is 36.4 Å². The Morgan fingerprint density at radius 3 is 2.40 bits per heavy atom. The molecule has 0 unspecified atom stereocenters. The predicted octanol–water partition coefficient (Wildman–Crippen LogP) is 3.52. The number of rotatable bonds is 3. The van der Waals surface area contributed by atoms with E-state index in [1.807, 2.05) is 18.2 Å². The van der Waals surface area contributed by atoms with E-state index in [0.717, 1.165) is 0 Å². The van der Waals surface area contributed by atoms with E-state index in [4.69, 9.17) is 0 Å². The van der Waals surface area contributed by atoms with Gasteiger partial charge in [-0.1, -0.05) is 36.4 Å². The van der Waals surface area contributed by atoms with E-state index in [1.165, 1.54) is 6.07 Å². The zero-order chi connectivity index (χ0) is 17.4. The van der Waals surface area contributed by atoms with Crippen LogP contribution in [-0.4, -0.2) is 16.5 Å². The van der Waals surface area contributed by atoms with Gasteiger partial charge in [-0.05, 0) is 18.2 Å². The standard InChI is InChI=1S/C18H12N4O3/c23-18-17(21-20-11-6-2-1-3-7-11)14-10-15(22(24)25)12-8-4-5-9-13(12)16(14)19-18/h1-10,20H,(H,19,21,23). The Balaban J connectivity index is 1.87. The van der Waals surface area contributed by atoms with Gasteiger partial charge < -0.3 is 5.32 Å². The number of hydrazone groups is 1. The Morgan fingerprint density at radius 2 is 1.68 bits per heavy atom. The van der Waals surface area contributed by atoms with Gasteiger partial charge in [-0.25, -0.2) is 0 Å². The minimum Gasteiger partial charge on any atom is -0.319 e. The first kappa shape index (κ1) is 14.8. The smallest absolute Gasteiger partial charge is 0.278 e. The molecule has 4 rings (SSSR count). The maximum Gasteiger partial charge on any atom is 0.278 e. The maximum absolute atomic E-state index is 12.3. The zero-order valence-electron chi connectivity index (χ0n) is 12.9. The molecule has 0 radical (unpaired) electrons. The third kappa shape index (κ3) is 2.47. The molecule has 7 heteroatoms. The minimum atomic E-state index is -0.451. The molecule has 7 nitrogen and oxygen atoms in total. The topological polar surface area (TPSA) is 96.6 Å². The van der Waals surface area contributed by atoms with E-state index in [0.29, 0.717) is 27.7 Å². The second kappa shape index (κ2) is 5.72. The number of nitrogens with one attached hydrogen (secondary N) is 2. The second-order valence-corrected chi connectivity index (χ2v) is 5.51. The number of fused-ring (bicyclic) bond motifs is 3. The fraction of sp³-hybridized carbons (Fsp3) is 0. The molecule has 1 aliphatic heterocycles. The largest absolute Gasteiger partial charge is 0.319 e. The van der Waals surface area contributed by atoms with E-state index in [9.17, 15) is 14.9 Å². The summed E-state index contributed by atoms with van der Waals surface area (Å²) in [6, 6.07) is 17.5. The summed E-state index contributed by atoms with van der Waals surface area (Å²) in [6.45, 7) is 0. The molecule has 1 heterocycles. The van der Waals surface area contributed by atoms with Crippen LogP contribution in [0.3, 0.4) is 0 Å². The number of benzene rings is 3. The van der Waals surface area contributed by atoms with Crippen LogP contribution in [-0.2, 0) is 4.79 Å². The van der Waals surface area contributed by atoms with Crippen molar-refractivity contribution in [1.29, 1.82) is 0 Å². The summed E-state index contributed by atoms with van der Waals surface area (Å²) < 4.78 is 0. The van der Waals surface area contributed by atoms with Crippen LogP contribution in [0.15, 0.2) is 65.8 Å². The summed E-state index contributed by atoms with van der Waals surface area (Å²) >= 11 is 0. The molecule has 25 heavy (non-hydrogen) atoms. The first-order chi connectivity index (χ1) is 12.1. The van der Waals surface area contributed by atoms with Crippen molar-refractivity contribution in [3.63, 3.8) is 0 Å². The highest BCUT2D eigenvalue weighted by molar-refractivity contribution is 6.55. The number of non-ortho nitro benzene ring substituents is 1. The summed E-state index contributed by atoms with van der Waals surface area (Å²) in [5.74, 6) is -0.399. The summed E-state index contributed by atoms with van der Waals surface area (Å²) in [4.78, 5) is 23.3. The van der Waals surface area contributed by atoms with Crippen molar-refractivity contribution in [2.24, 2.45) is 5.10 Å². The van der Waals surface area contributed by atoms with Crippen LogP contribution in [0.5, 0.6) is 0 Å². The Morgan fingerprint density at radius 1 is 1.00 bits per heavy atom. The fourth-order valence-corrected chi connectivity index (χ4v) is 2.87. The molecule has 1 aliphatic rings. The van der Waals surface area contributed by atoms with Crippen LogP contribution in [0.1, 0.15) is 5.56 Å². The van der Waals surface area contributed by atoms with Crippen LogP contribution in [0.2, 0.25) is 0 Å². The lowest BCUT2D eigenvalue weighted by Crippen LogP contribution is -2.15. The van der Waals surface area contributed by atoms with Crippen molar-refractivity contribution in [2.45, 2.75) is 0 Å². The van der Waals surface area contributed by atoms with Gasteiger partial charge in [0.2, 0.25) is 0 Å². The van der Waals surface area contributed by atoms with Gasteiger partial charge in [0.05, 0.1) is 21.7 Å². The van der Waals surface area contributed by atoms with Gasteiger partial charge in [0.25, 0.3) is 11.6 Å². The Kier molecular flexibility index (Phi) is 3.39. The number of nitrogens with zero attached hydrogens (tertiary/aromatic N) is 2. The first-order valence-corrected chi connectivity index (χ1v) is 7.56. The third-order valence-corrected chi connectivity index (χ3v) is 4.00. The molecular formula is C18H12N4O3. The van der Waals surface area contributed by atoms with Gasteiger partial charge in [0, 0.05) is 17.0 Å². The van der Waals surface area contributed by atoms with Crippen LogP contribution in [0, 0.1) is 10.1 Å². The molecule has 0 aliphatic carbocycles. The van der Waals surface area contributed by atoms with E-state index in [-0.39, 0.29) is 11.4 Å². The van der Waals surface area contributed by atoms with Crippen molar-refractivity contribution in [3.05, 3.63) is 76.3 Å². The van der Waals surface area contributed by atoms with Gasteiger partial charge in [0.15, 0.2) is 5.71 Å². The van der Waals surface area contributed by atoms with Gasteiger partial charge in [0.1, 0.15) is 0 Å². The van der Waals surface area contributed by atoms with Crippen molar-refractivity contribution < 1.29 is 9.72 Å². The van der Waals surface area contributed by atoms with Gasteiger partial charge in [-0.2, -0.15) is 5.10 Å². The first-order valence-electron chi connectivity index (χ1n) is 7.56.